The maximum atomic E-state index is 11.2. The van der Waals surface area contributed by atoms with Crippen molar-refractivity contribution in [3.8, 4) is 0 Å². The lowest BCUT2D eigenvalue weighted by Crippen LogP contribution is -2.29. The van der Waals surface area contributed by atoms with Crippen LogP contribution in [0.3, 0.4) is 0 Å². The van der Waals surface area contributed by atoms with Crippen molar-refractivity contribution in [2.75, 3.05) is 18.4 Å². The maximum absolute atomic E-state index is 11.2. The smallest absolute Gasteiger partial charge is 0.263 e. The molecule has 90 valence electrons. The van der Waals surface area contributed by atoms with Crippen LogP contribution in [0.25, 0.3) is 0 Å². The van der Waals surface area contributed by atoms with Crippen LogP contribution in [-0.2, 0) is 10.2 Å². The topological polar surface area (TPSA) is 80.0 Å². The average Bonchev–Trinajstić information content (AvgIpc) is 2.63. The van der Waals surface area contributed by atoms with Crippen LogP contribution in [0.1, 0.15) is 33.6 Å². The van der Waals surface area contributed by atoms with Gasteiger partial charge in [-0.1, -0.05) is 20.8 Å². The van der Waals surface area contributed by atoms with Crippen molar-refractivity contribution >= 4 is 11.9 Å². The molecule has 1 aromatic rings. The molecule has 0 unspecified atom stereocenters. The molecule has 0 atom stereocenters. The molecule has 1 amide bonds. The normalized spacial score (nSPS) is 11.2. The summed E-state index contributed by atoms with van der Waals surface area (Å²) < 4.78 is 5.07. The van der Waals surface area contributed by atoms with E-state index >= 15 is 0 Å². The summed E-state index contributed by atoms with van der Waals surface area (Å²) in [7, 11) is 0. The third-order valence-electron chi connectivity index (χ3n) is 1.85. The number of carbonyl (C=O) groups is 1. The first kappa shape index (κ1) is 12.5. The molecule has 6 nitrogen and oxygen atoms in total. The molecule has 0 bridgehead atoms. The van der Waals surface area contributed by atoms with Gasteiger partial charge in [0.15, 0.2) is 0 Å². The lowest BCUT2D eigenvalue weighted by molar-refractivity contribution is -0.119. The zero-order chi connectivity index (χ0) is 12.2. The first-order valence-corrected chi connectivity index (χ1v) is 5.28. The van der Waals surface area contributed by atoms with E-state index < -0.39 is 0 Å². The number of hydrogen-bond acceptors (Lipinski definition) is 5. The fourth-order valence-corrected chi connectivity index (χ4v) is 1.02. The fraction of sp³-hybridized carbons (Fsp3) is 0.700. The highest BCUT2D eigenvalue weighted by atomic mass is 16.5. The van der Waals surface area contributed by atoms with Gasteiger partial charge in [-0.05, 0) is 12.1 Å². The Kier molecular flexibility index (Phi) is 3.87. The van der Waals surface area contributed by atoms with Gasteiger partial charge < -0.3 is 15.2 Å². The maximum Gasteiger partial charge on any atom is 0.263 e. The number of amides is 1. The Morgan fingerprint density at radius 1 is 1.44 bits per heavy atom. The van der Waals surface area contributed by atoms with Gasteiger partial charge in [0.2, 0.25) is 11.8 Å². The number of nitrogens with one attached hydrogen (secondary N) is 2. The molecule has 0 saturated carbocycles. The van der Waals surface area contributed by atoms with E-state index in [1.54, 1.807) is 0 Å². The minimum atomic E-state index is -0.182. The molecule has 0 aromatic carbocycles. The van der Waals surface area contributed by atoms with Gasteiger partial charge in [-0.2, -0.15) is 4.98 Å². The van der Waals surface area contributed by atoms with Crippen molar-refractivity contribution in [1.82, 2.24) is 15.5 Å². The summed E-state index contributed by atoms with van der Waals surface area (Å²) in [5, 5.41) is 9.20. The van der Waals surface area contributed by atoms with Gasteiger partial charge in [0.05, 0.1) is 6.54 Å². The Morgan fingerprint density at radius 2 is 2.12 bits per heavy atom. The zero-order valence-electron chi connectivity index (χ0n) is 10.1. The van der Waals surface area contributed by atoms with Crippen molar-refractivity contribution in [3.63, 3.8) is 0 Å². The van der Waals surface area contributed by atoms with Gasteiger partial charge in [0, 0.05) is 12.0 Å². The molecular formula is C10H18N4O2. The molecule has 1 heterocycles. The van der Waals surface area contributed by atoms with Crippen LogP contribution in [0.2, 0.25) is 0 Å². The van der Waals surface area contributed by atoms with Gasteiger partial charge in [-0.25, -0.2) is 0 Å². The predicted molar refractivity (Wildman–Crippen MR) is 60.2 cm³/mol. The summed E-state index contributed by atoms with van der Waals surface area (Å²) in [5.74, 6) is 0.798. The Bertz CT molecular complexity index is 354. The standard InChI is InChI=1S/C10H18N4O2/c1-5-11-7(15)6-12-9-13-8(16-14-9)10(2,3)4/h5-6H2,1-4H3,(H,11,15)(H,12,14). The highest BCUT2D eigenvalue weighted by Crippen LogP contribution is 2.20. The van der Waals surface area contributed by atoms with E-state index in [0.29, 0.717) is 18.4 Å². The molecule has 0 aliphatic heterocycles. The van der Waals surface area contributed by atoms with Gasteiger partial charge in [0.25, 0.3) is 5.95 Å². The summed E-state index contributed by atoms with van der Waals surface area (Å²) in [6.07, 6.45) is 0. The minimum Gasteiger partial charge on any atom is -0.355 e. The van der Waals surface area contributed by atoms with Crippen molar-refractivity contribution in [2.45, 2.75) is 33.1 Å². The summed E-state index contributed by atoms with van der Waals surface area (Å²) in [6.45, 7) is 8.57. The molecule has 0 spiro atoms. The SMILES string of the molecule is CCNC(=O)CNc1noc(C(C)(C)C)n1. The monoisotopic (exact) mass is 226 g/mol. The Morgan fingerprint density at radius 3 is 2.62 bits per heavy atom. The Balaban J connectivity index is 2.50. The molecule has 0 radical (unpaired) electrons. The number of carbonyl (C=O) groups excluding carboxylic acids is 1. The quantitative estimate of drug-likeness (QED) is 0.797. The van der Waals surface area contributed by atoms with Crippen LogP contribution in [0, 0.1) is 0 Å². The highest BCUT2D eigenvalue weighted by molar-refractivity contribution is 5.80. The van der Waals surface area contributed by atoms with E-state index in [9.17, 15) is 4.79 Å². The van der Waals surface area contributed by atoms with Crippen molar-refractivity contribution in [3.05, 3.63) is 5.89 Å². The van der Waals surface area contributed by atoms with Crippen LogP contribution >= 0.6 is 0 Å². The molecule has 1 rings (SSSR count). The van der Waals surface area contributed by atoms with E-state index in [4.69, 9.17) is 4.52 Å². The lowest BCUT2D eigenvalue weighted by atomic mass is 9.97. The average molecular weight is 226 g/mol. The van der Waals surface area contributed by atoms with E-state index in [-0.39, 0.29) is 17.9 Å². The molecule has 16 heavy (non-hydrogen) atoms. The second-order valence-electron chi connectivity index (χ2n) is 4.48. The summed E-state index contributed by atoms with van der Waals surface area (Å²) >= 11 is 0. The van der Waals surface area contributed by atoms with Gasteiger partial charge in [-0.15, -0.1) is 0 Å². The van der Waals surface area contributed by atoms with Gasteiger partial charge >= 0.3 is 0 Å². The number of aromatic nitrogens is 2. The highest BCUT2D eigenvalue weighted by Gasteiger charge is 2.21. The second kappa shape index (κ2) is 4.96. The van der Waals surface area contributed by atoms with Gasteiger partial charge in [0.1, 0.15) is 0 Å². The van der Waals surface area contributed by atoms with E-state index in [1.807, 2.05) is 27.7 Å². The van der Waals surface area contributed by atoms with E-state index in [2.05, 4.69) is 20.8 Å². The van der Waals surface area contributed by atoms with Crippen molar-refractivity contribution in [1.29, 1.82) is 0 Å². The lowest BCUT2D eigenvalue weighted by Gasteiger charge is -2.10. The predicted octanol–water partition coefficient (Wildman–Crippen LogP) is 0.915. The van der Waals surface area contributed by atoms with Crippen LogP contribution < -0.4 is 10.6 Å². The van der Waals surface area contributed by atoms with E-state index in [1.165, 1.54) is 0 Å². The summed E-state index contributed by atoms with van der Waals surface area (Å²) in [6, 6.07) is 0. The third kappa shape index (κ3) is 3.52. The molecule has 0 aliphatic carbocycles. The first-order chi connectivity index (χ1) is 7.43. The Hall–Kier alpha value is -1.59. The number of likely N-dealkylation sites (N-methyl/N-ethyl adjacent to an activating group) is 1. The Labute approximate surface area is 94.8 Å². The van der Waals surface area contributed by atoms with Crippen molar-refractivity contribution in [2.24, 2.45) is 0 Å². The number of anilines is 1. The largest absolute Gasteiger partial charge is 0.355 e. The van der Waals surface area contributed by atoms with Crippen molar-refractivity contribution < 1.29 is 9.32 Å². The number of hydrogen-bond donors (Lipinski definition) is 2. The van der Waals surface area contributed by atoms with Crippen LogP contribution in [0.15, 0.2) is 4.52 Å². The number of rotatable bonds is 4. The molecule has 1 aromatic heterocycles. The molecule has 2 N–H and O–H groups in total. The zero-order valence-corrected chi connectivity index (χ0v) is 10.1. The molecule has 0 aliphatic rings. The number of nitrogens with zero attached hydrogens (tertiary/aromatic N) is 2. The van der Waals surface area contributed by atoms with Gasteiger partial charge in [-0.3, -0.25) is 4.79 Å². The molecule has 0 fully saturated rings. The summed E-state index contributed by atoms with van der Waals surface area (Å²) in [4.78, 5) is 15.3. The van der Waals surface area contributed by atoms with Crippen LogP contribution in [0.5, 0.6) is 0 Å². The minimum absolute atomic E-state index is 0.0930. The second-order valence-corrected chi connectivity index (χ2v) is 4.48. The molecule has 0 saturated heterocycles. The summed E-state index contributed by atoms with van der Waals surface area (Å²) in [5.41, 5.74) is -0.182. The van der Waals surface area contributed by atoms with Crippen LogP contribution in [-0.4, -0.2) is 29.1 Å². The first-order valence-electron chi connectivity index (χ1n) is 5.28. The third-order valence-corrected chi connectivity index (χ3v) is 1.85. The van der Waals surface area contributed by atoms with Crippen LogP contribution in [0.4, 0.5) is 5.95 Å². The molecular weight excluding hydrogens is 208 g/mol. The molecule has 6 heteroatoms. The fourth-order valence-electron chi connectivity index (χ4n) is 1.02. The van der Waals surface area contributed by atoms with E-state index in [0.717, 1.165) is 0 Å².